The Kier molecular flexibility index (Phi) is 3.30. The van der Waals surface area contributed by atoms with Crippen molar-refractivity contribution in [2.45, 2.75) is 18.7 Å². The molecule has 0 unspecified atom stereocenters. The van der Waals surface area contributed by atoms with Crippen molar-refractivity contribution in [1.82, 2.24) is 0 Å². The van der Waals surface area contributed by atoms with Crippen LogP contribution < -0.4 is 0 Å². The van der Waals surface area contributed by atoms with Crippen LogP contribution in [0.5, 0.6) is 0 Å². The van der Waals surface area contributed by atoms with E-state index in [9.17, 15) is 0 Å². The van der Waals surface area contributed by atoms with Gasteiger partial charge in [0.25, 0.3) is 0 Å². The number of hydrogen-bond donors (Lipinski definition) is 0. The highest BCUT2D eigenvalue weighted by atomic mass is 79.9. The van der Waals surface area contributed by atoms with Crippen molar-refractivity contribution >= 4 is 53.3 Å². The van der Waals surface area contributed by atoms with Gasteiger partial charge in [0.2, 0.25) is 0 Å². The Morgan fingerprint density at radius 3 is 2.71 bits per heavy atom. The van der Waals surface area contributed by atoms with Gasteiger partial charge in [-0.3, -0.25) is 0 Å². The summed E-state index contributed by atoms with van der Waals surface area (Å²) < 4.78 is 2.63. The van der Waals surface area contributed by atoms with Crippen molar-refractivity contribution in [2.24, 2.45) is 0 Å². The standard InChI is InChI=1S/C11H10Br2S/c1-2-7-6-14-11-8(5-12)3-4-9(13)10(7)11/h3-4,6H,2,5H2,1H3. The van der Waals surface area contributed by atoms with Crippen molar-refractivity contribution in [2.75, 3.05) is 0 Å². The molecular formula is C11H10Br2S. The Morgan fingerprint density at radius 1 is 1.29 bits per heavy atom. The van der Waals surface area contributed by atoms with E-state index in [4.69, 9.17) is 0 Å². The minimum absolute atomic E-state index is 0.931. The summed E-state index contributed by atoms with van der Waals surface area (Å²) in [4.78, 5) is 0. The van der Waals surface area contributed by atoms with Crippen LogP contribution in [0.25, 0.3) is 10.1 Å². The topological polar surface area (TPSA) is 0 Å². The number of fused-ring (bicyclic) bond motifs is 1. The van der Waals surface area contributed by atoms with Crippen molar-refractivity contribution in [3.63, 3.8) is 0 Å². The van der Waals surface area contributed by atoms with Gasteiger partial charge >= 0.3 is 0 Å². The summed E-state index contributed by atoms with van der Waals surface area (Å²) in [5, 5.41) is 4.59. The number of alkyl halides is 1. The highest BCUT2D eigenvalue weighted by Crippen LogP contribution is 2.35. The monoisotopic (exact) mass is 332 g/mol. The van der Waals surface area contributed by atoms with Crippen molar-refractivity contribution < 1.29 is 0 Å². The van der Waals surface area contributed by atoms with Crippen molar-refractivity contribution in [1.29, 1.82) is 0 Å². The maximum atomic E-state index is 3.62. The van der Waals surface area contributed by atoms with Crippen LogP contribution in [0.4, 0.5) is 0 Å². The fourth-order valence-corrected chi connectivity index (χ4v) is 4.15. The van der Waals surface area contributed by atoms with E-state index in [0.717, 1.165) is 11.8 Å². The van der Waals surface area contributed by atoms with Gasteiger partial charge in [-0.15, -0.1) is 11.3 Å². The smallest absolute Gasteiger partial charge is 0.0397 e. The highest BCUT2D eigenvalue weighted by molar-refractivity contribution is 9.10. The first kappa shape index (κ1) is 10.7. The zero-order valence-electron chi connectivity index (χ0n) is 7.81. The lowest BCUT2D eigenvalue weighted by molar-refractivity contribution is 1.17. The predicted octanol–water partition coefficient (Wildman–Crippen LogP) is 5.12. The summed E-state index contributed by atoms with van der Waals surface area (Å²) in [6.45, 7) is 2.20. The molecule has 0 amide bonds. The number of halogens is 2. The second kappa shape index (κ2) is 4.33. The van der Waals surface area contributed by atoms with Gasteiger partial charge in [-0.05, 0) is 29.0 Å². The van der Waals surface area contributed by atoms with Crippen LogP contribution in [-0.2, 0) is 11.8 Å². The molecule has 0 N–H and O–H groups in total. The summed E-state index contributed by atoms with van der Waals surface area (Å²) >= 11 is 8.99. The molecular weight excluding hydrogens is 324 g/mol. The Balaban J connectivity index is 2.80. The molecule has 0 saturated heterocycles. The van der Waals surface area contributed by atoms with Gasteiger partial charge in [-0.2, -0.15) is 0 Å². The zero-order valence-corrected chi connectivity index (χ0v) is 11.8. The quantitative estimate of drug-likeness (QED) is 0.669. The van der Waals surface area contributed by atoms with Crippen LogP contribution in [-0.4, -0.2) is 0 Å². The minimum Gasteiger partial charge on any atom is -0.143 e. The van der Waals surface area contributed by atoms with E-state index < -0.39 is 0 Å². The van der Waals surface area contributed by atoms with Crippen LogP contribution in [0.15, 0.2) is 22.0 Å². The van der Waals surface area contributed by atoms with Gasteiger partial charge in [0.05, 0.1) is 0 Å². The minimum atomic E-state index is 0.931. The summed E-state index contributed by atoms with van der Waals surface area (Å²) in [6.07, 6.45) is 1.10. The first-order chi connectivity index (χ1) is 6.77. The predicted molar refractivity (Wildman–Crippen MR) is 71.5 cm³/mol. The lowest BCUT2D eigenvalue weighted by Gasteiger charge is -2.02. The van der Waals surface area contributed by atoms with Gasteiger partial charge < -0.3 is 0 Å². The fraction of sp³-hybridized carbons (Fsp3) is 0.273. The number of aryl methyl sites for hydroxylation is 1. The van der Waals surface area contributed by atoms with E-state index in [2.05, 4.69) is 56.3 Å². The fourth-order valence-electron chi connectivity index (χ4n) is 1.59. The number of benzene rings is 1. The molecule has 0 atom stereocenters. The Hall–Kier alpha value is 0.140. The van der Waals surface area contributed by atoms with E-state index in [1.807, 2.05) is 11.3 Å². The summed E-state index contributed by atoms with van der Waals surface area (Å²) in [6, 6.07) is 4.32. The first-order valence-electron chi connectivity index (χ1n) is 4.51. The molecule has 0 bridgehead atoms. The van der Waals surface area contributed by atoms with Crippen LogP contribution in [0.2, 0.25) is 0 Å². The molecule has 74 valence electrons. The molecule has 0 nitrogen and oxygen atoms in total. The average Bonchev–Trinajstić information content (AvgIpc) is 2.63. The third-order valence-electron chi connectivity index (χ3n) is 2.35. The molecule has 0 aliphatic heterocycles. The van der Waals surface area contributed by atoms with Crippen LogP contribution in [0.3, 0.4) is 0 Å². The number of thiophene rings is 1. The Bertz CT molecular complexity index is 460. The van der Waals surface area contributed by atoms with E-state index in [0.29, 0.717) is 0 Å². The molecule has 2 rings (SSSR count). The van der Waals surface area contributed by atoms with E-state index in [1.54, 1.807) is 0 Å². The molecule has 0 aliphatic carbocycles. The Labute approximate surface area is 105 Å². The normalized spacial score (nSPS) is 11.1. The zero-order chi connectivity index (χ0) is 10.1. The lowest BCUT2D eigenvalue weighted by Crippen LogP contribution is -1.81. The van der Waals surface area contributed by atoms with E-state index in [-0.39, 0.29) is 0 Å². The molecule has 1 aromatic heterocycles. The summed E-state index contributed by atoms with van der Waals surface area (Å²) in [5.74, 6) is 0. The van der Waals surface area contributed by atoms with Crippen LogP contribution in [0.1, 0.15) is 18.1 Å². The van der Waals surface area contributed by atoms with E-state index in [1.165, 1.54) is 25.7 Å². The van der Waals surface area contributed by atoms with Crippen LogP contribution in [0, 0.1) is 0 Å². The maximum Gasteiger partial charge on any atom is 0.0397 e. The van der Waals surface area contributed by atoms with Gasteiger partial charge in [-0.25, -0.2) is 0 Å². The molecule has 0 saturated carbocycles. The maximum absolute atomic E-state index is 3.62. The summed E-state index contributed by atoms with van der Waals surface area (Å²) in [5.41, 5.74) is 2.83. The molecule has 3 heteroatoms. The molecule has 1 aromatic carbocycles. The third-order valence-corrected chi connectivity index (χ3v) is 4.72. The number of hydrogen-bond acceptors (Lipinski definition) is 1. The number of rotatable bonds is 2. The SMILES string of the molecule is CCc1csc2c(CBr)ccc(Br)c12. The lowest BCUT2D eigenvalue weighted by atomic mass is 10.1. The molecule has 0 spiro atoms. The molecule has 0 radical (unpaired) electrons. The Morgan fingerprint density at radius 2 is 2.07 bits per heavy atom. The van der Waals surface area contributed by atoms with Crippen LogP contribution >= 0.6 is 43.2 Å². The molecule has 14 heavy (non-hydrogen) atoms. The van der Waals surface area contributed by atoms with Crippen molar-refractivity contribution in [3.05, 3.63) is 33.1 Å². The molecule has 0 aliphatic rings. The van der Waals surface area contributed by atoms with Gasteiger partial charge in [0.1, 0.15) is 0 Å². The largest absolute Gasteiger partial charge is 0.143 e. The van der Waals surface area contributed by atoms with Gasteiger partial charge in [0.15, 0.2) is 0 Å². The average molecular weight is 334 g/mol. The molecule has 2 aromatic rings. The van der Waals surface area contributed by atoms with Crippen molar-refractivity contribution in [3.8, 4) is 0 Å². The molecule has 0 fully saturated rings. The first-order valence-corrected chi connectivity index (χ1v) is 7.30. The van der Waals surface area contributed by atoms with Gasteiger partial charge in [0, 0.05) is 19.9 Å². The van der Waals surface area contributed by atoms with E-state index >= 15 is 0 Å². The summed E-state index contributed by atoms with van der Waals surface area (Å²) in [7, 11) is 0. The highest BCUT2D eigenvalue weighted by Gasteiger charge is 2.09. The molecule has 1 heterocycles. The second-order valence-electron chi connectivity index (χ2n) is 3.16. The van der Waals surface area contributed by atoms with Gasteiger partial charge in [-0.1, -0.05) is 44.8 Å². The third kappa shape index (κ3) is 1.66. The second-order valence-corrected chi connectivity index (χ2v) is 5.45.